The molecule has 0 amide bonds. The maximum absolute atomic E-state index is 10.7. The van der Waals surface area contributed by atoms with Crippen LogP contribution in [0.25, 0.3) is 0 Å². The Morgan fingerprint density at radius 2 is 2.30 bits per heavy atom. The fraction of sp³-hybridized carbons (Fsp3) is 0. The summed E-state index contributed by atoms with van der Waals surface area (Å²) < 4.78 is 21.5. The van der Waals surface area contributed by atoms with Crippen LogP contribution in [-0.4, -0.2) is 8.42 Å². The van der Waals surface area contributed by atoms with Crippen LogP contribution in [0.1, 0.15) is 0 Å². The first-order valence-electron chi connectivity index (χ1n) is 2.36. The summed E-state index contributed by atoms with van der Waals surface area (Å²) in [5, 5.41) is 11.0. The summed E-state index contributed by atoms with van der Waals surface area (Å²) >= 11 is 1.04. The number of hydrogen-bond donors (Lipinski definition) is 0. The Morgan fingerprint density at radius 3 is 2.70 bits per heavy atom. The van der Waals surface area contributed by atoms with E-state index in [9.17, 15) is 8.42 Å². The summed E-state index contributed by atoms with van der Waals surface area (Å²) in [5.41, 5.74) is 0. The summed E-state index contributed by atoms with van der Waals surface area (Å²) in [6.07, 6.45) is 0. The number of nitrogens with zero attached hydrogens (tertiary/aromatic N) is 1. The number of thiocyanates is 1. The van der Waals surface area contributed by atoms with Crippen LogP contribution in [-0.2, 0) is 9.84 Å². The molecule has 10 heavy (non-hydrogen) atoms. The molecule has 0 aliphatic heterocycles. The van der Waals surface area contributed by atoms with Crippen molar-refractivity contribution in [2.45, 2.75) is 4.21 Å². The van der Waals surface area contributed by atoms with E-state index in [2.05, 4.69) is 0 Å². The van der Waals surface area contributed by atoms with Crippen LogP contribution in [0.3, 0.4) is 0 Å². The highest BCUT2D eigenvalue weighted by molar-refractivity contribution is 7.97. The first kappa shape index (κ1) is 7.25. The molecular weight excluding hydrogens is 170 g/mol. The number of hydrogen-bond acceptors (Lipinski definition) is 4. The number of rotatable bonds is 1. The topological polar surface area (TPSA) is 57.9 Å². The van der Waals surface area contributed by atoms with Gasteiger partial charge in [0.25, 0.3) is 9.84 Å². The van der Waals surface area contributed by atoms with E-state index in [1.54, 1.807) is 11.4 Å². The zero-order chi connectivity index (χ0) is 7.61. The molecule has 0 radical (unpaired) electrons. The Hall–Kier alpha value is -0.860. The molecule has 0 spiro atoms. The van der Waals surface area contributed by atoms with E-state index in [0.717, 1.165) is 11.3 Å². The fourth-order valence-corrected chi connectivity index (χ4v) is 2.04. The molecule has 0 atom stereocenters. The lowest BCUT2D eigenvalue weighted by atomic mass is 10.7. The molecule has 1 rings (SSSR count). The van der Waals surface area contributed by atoms with Crippen LogP contribution in [0.2, 0.25) is 0 Å². The standard InChI is InChI=1S/C5H3NO2S2/c6-4-10(7,8)5-2-1-3-9-5/h1-3H. The van der Waals surface area contributed by atoms with Crippen molar-refractivity contribution in [1.82, 2.24) is 0 Å². The second kappa shape index (κ2) is 2.40. The number of nitriles is 1. The van der Waals surface area contributed by atoms with Crippen molar-refractivity contribution < 1.29 is 8.42 Å². The van der Waals surface area contributed by atoms with Gasteiger partial charge in [-0.15, -0.1) is 11.3 Å². The van der Waals surface area contributed by atoms with Crippen LogP contribution in [0.5, 0.6) is 0 Å². The summed E-state index contributed by atoms with van der Waals surface area (Å²) in [4.78, 5) is 0. The van der Waals surface area contributed by atoms with Gasteiger partial charge in [0.2, 0.25) is 5.40 Å². The molecule has 0 fully saturated rings. The van der Waals surface area contributed by atoms with Crippen molar-refractivity contribution in [1.29, 1.82) is 5.26 Å². The molecule has 0 N–H and O–H groups in total. The Morgan fingerprint density at radius 1 is 1.60 bits per heavy atom. The van der Waals surface area contributed by atoms with E-state index < -0.39 is 9.84 Å². The molecule has 0 aliphatic carbocycles. The highest BCUT2D eigenvalue weighted by Crippen LogP contribution is 2.15. The zero-order valence-corrected chi connectivity index (χ0v) is 6.45. The average Bonchev–Trinajstić information content (AvgIpc) is 2.38. The van der Waals surface area contributed by atoms with Gasteiger partial charge in [0.1, 0.15) is 4.21 Å². The average molecular weight is 173 g/mol. The second-order valence-corrected chi connectivity index (χ2v) is 4.36. The van der Waals surface area contributed by atoms with Gasteiger partial charge >= 0.3 is 0 Å². The predicted molar refractivity (Wildman–Crippen MR) is 37.1 cm³/mol. The Labute approximate surface area is 62.5 Å². The van der Waals surface area contributed by atoms with E-state index in [4.69, 9.17) is 5.26 Å². The smallest absolute Gasteiger partial charge is 0.207 e. The molecule has 1 aromatic heterocycles. The molecule has 0 aromatic carbocycles. The third-order valence-electron chi connectivity index (χ3n) is 0.880. The van der Waals surface area contributed by atoms with Crippen LogP contribution < -0.4 is 0 Å². The van der Waals surface area contributed by atoms with E-state index >= 15 is 0 Å². The second-order valence-electron chi connectivity index (χ2n) is 1.53. The quantitative estimate of drug-likeness (QED) is 0.470. The molecule has 0 aliphatic rings. The van der Waals surface area contributed by atoms with Gasteiger partial charge in [-0.2, -0.15) is 5.26 Å². The van der Waals surface area contributed by atoms with Gasteiger partial charge in [0.15, 0.2) is 0 Å². The largest absolute Gasteiger partial charge is 0.279 e. The minimum absolute atomic E-state index is 0.106. The Bertz CT molecular complexity index is 343. The van der Waals surface area contributed by atoms with Crippen molar-refractivity contribution in [3.8, 4) is 5.40 Å². The lowest BCUT2D eigenvalue weighted by Crippen LogP contribution is -1.91. The summed E-state index contributed by atoms with van der Waals surface area (Å²) in [7, 11) is -3.63. The van der Waals surface area contributed by atoms with Crippen LogP contribution >= 0.6 is 11.3 Å². The minimum Gasteiger partial charge on any atom is -0.207 e. The van der Waals surface area contributed by atoms with Gasteiger partial charge in [-0.3, -0.25) is 0 Å². The number of sulfone groups is 1. The predicted octanol–water partition coefficient (Wildman–Crippen LogP) is 1.00. The molecule has 0 saturated carbocycles. The highest BCUT2D eigenvalue weighted by Gasteiger charge is 2.12. The molecule has 3 nitrogen and oxygen atoms in total. The van der Waals surface area contributed by atoms with E-state index in [1.165, 1.54) is 11.5 Å². The SMILES string of the molecule is N#CS(=O)(=O)c1cccs1. The molecule has 5 heteroatoms. The monoisotopic (exact) mass is 173 g/mol. The molecule has 1 aromatic rings. The van der Waals surface area contributed by atoms with Gasteiger partial charge in [0.05, 0.1) is 0 Å². The Balaban J connectivity index is 3.26. The molecule has 0 unspecified atom stereocenters. The number of thiophene rings is 1. The maximum Gasteiger partial charge on any atom is 0.279 e. The Kier molecular flexibility index (Phi) is 1.74. The van der Waals surface area contributed by atoms with Crippen molar-refractivity contribution >= 4 is 21.2 Å². The molecular formula is C5H3NO2S2. The lowest BCUT2D eigenvalue weighted by molar-refractivity contribution is 0.607. The minimum atomic E-state index is -3.63. The normalized spacial score (nSPS) is 10.7. The first-order valence-corrected chi connectivity index (χ1v) is 4.72. The van der Waals surface area contributed by atoms with Gasteiger partial charge in [-0.25, -0.2) is 8.42 Å². The van der Waals surface area contributed by atoms with Crippen LogP contribution in [0.4, 0.5) is 0 Å². The lowest BCUT2D eigenvalue weighted by Gasteiger charge is -1.83. The van der Waals surface area contributed by atoms with E-state index in [1.807, 2.05) is 0 Å². The van der Waals surface area contributed by atoms with Crippen molar-refractivity contribution in [2.24, 2.45) is 0 Å². The van der Waals surface area contributed by atoms with Crippen molar-refractivity contribution in [3.05, 3.63) is 17.5 Å². The molecule has 0 saturated heterocycles. The summed E-state index contributed by atoms with van der Waals surface area (Å²) in [6.45, 7) is 0. The van der Waals surface area contributed by atoms with Crippen LogP contribution in [0, 0.1) is 10.7 Å². The molecule has 52 valence electrons. The third-order valence-corrected chi connectivity index (χ3v) is 3.39. The third kappa shape index (κ3) is 1.17. The first-order chi connectivity index (χ1) is 4.67. The fourth-order valence-electron chi connectivity index (χ4n) is 0.461. The van der Waals surface area contributed by atoms with Crippen molar-refractivity contribution in [3.63, 3.8) is 0 Å². The maximum atomic E-state index is 10.7. The molecule has 1 heterocycles. The van der Waals surface area contributed by atoms with Gasteiger partial charge in [-0.05, 0) is 11.4 Å². The summed E-state index contributed by atoms with van der Waals surface area (Å²) in [6, 6.07) is 3.00. The van der Waals surface area contributed by atoms with Gasteiger partial charge < -0.3 is 0 Å². The van der Waals surface area contributed by atoms with Crippen molar-refractivity contribution in [2.75, 3.05) is 0 Å². The summed E-state index contributed by atoms with van der Waals surface area (Å²) in [5.74, 6) is 0. The van der Waals surface area contributed by atoms with E-state index in [0.29, 0.717) is 0 Å². The van der Waals surface area contributed by atoms with Gasteiger partial charge in [-0.1, -0.05) is 6.07 Å². The van der Waals surface area contributed by atoms with Gasteiger partial charge in [0, 0.05) is 0 Å². The van der Waals surface area contributed by atoms with E-state index in [-0.39, 0.29) is 4.21 Å². The molecule has 0 bridgehead atoms. The van der Waals surface area contributed by atoms with Crippen LogP contribution in [0.15, 0.2) is 21.7 Å². The zero-order valence-electron chi connectivity index (χ0n) is 4.81. The highest BCUT2D eigenvalue weighted by atomic mass is 32.2.